The molecular formula is C19H20N4O2. The Hall–Kier alpha value is -2.89. The molecule has 0 saturated carbocycles. The number of para-hydroxylation sites is 1. The summed E-state index contributed by atoms with van der Waals surface area (Å²) in [4.78, 5) is 19.3. The van der Waals surface area contributed by atoms with Crippen molar-refractivity contribution >= 4 is 5.91 Å². The summed E-state index contributed by atoms with van der Waals surface area (Å²) in [5, 5.41) is 3.86. The normalized spacial score (nSPS) is 15.5. The van der Waals surface area contributed by atoms with E-state index in [-0.39, 0.29) is 11.8 Å². The van der Waals surface area contributed by atoms with Crippen molar-refractivity contribution in [2.45, 2.75) is 25.7 Å². The van der Waals surface area contributed by atoms with Gasteiger partial charge in [-0.3, -0.25) is 4.79 Å². The van der Waals surface area contributed by atoms with Crippen LogP contribution in [0.1, 0.15) is 40.8 Å². The van der Waals surface area contributed by atoms with Crippen LogP contribution >= 0.6 is 0 Å². The van der Waals surface area contributed by atoms with E-state index in [1.807, 2.05) is 65.2 Å². The van der Waals surface area contributed by atoms with Gasteiger partial charge in [0.2, 0.25) is 5.89 Å². The third-order valence-corrected chi connectivity index (χ3v) is 4.69. The van der Waals surface area contributed by atoms with Gasteiger partial charge in [0.25, 0.3) is 5.91 Å². The molecule has 1 fully saturated rings. The molecule has 0 radical (unpaired) electrons. The second-order valence-electron chi connectivity index (χ2n) is 6.35. The van der Waals surface area contributed by atoms with Gasteiger partial charge in [-0.15, -0.1) is 0 Å². The van der Waals surface area contributed by atoms with E-state index in [4.69, 9.17) is 4.52 Å². The summed E-state index contributed by atoms with van der Waals surface area (Å²) in [7, 11) is 0. The second-order valence-corrected chi connectivity index (χ2v) is 6.35. The number of piperidine rings is 1. The molecule has 1 aliphatic rings. The quantitative estimate of drug-likeness (QED) is 0.737. The summed E-state index contributed by atoms with van der Waals surface area (Å²) >= 11 is 0. The third kappa shape index (κ3) is 3.07. The summed E-state index contributed by atoms with van der Waals surface area (Å²) in [6.45, 7) is 3.22. The molecule has 3 heterocycles. The molecule has 0 N–H and O–H groups in total. The average molecular weight is 336 g/mol. The fourth-order valence-electron chi connectivity index (χ4n) is 3.35. The van der Waals surface area contributed by atoms with E-state index in [0.717, 1.165) is 24.1 Å². The summed E-state index contributed by atoms with van der Waals surface area (Å²) in [5.74, 6) is 1.67. The summed E-state index contributed by atoms with van der Waals surface area (Å²) in [6, 6.07) is 11.6. The van der Waals surface area contributed by atoms with Gasteiger partial charge in [-0.1, -0.05) is 17.3 Å². The van der Waals surface area contributed by atoms with Crippen LogP contribution in [0.2, 0.25) is 0 Å². The molecule has 25 heavy (non-hydrogen) atoms. The number of hydrogen-bond acceptors (Lipinski definition) is 4. The van der Waals surface area contributed by atoms with Gasteiger partial charge in [0, 0.05) is 31.4 Å². The van der Waals surface area contributed by atoms with E-state index in [2.05, 4.69) is 10.1 Å². The molecule has 2 aromatic heterocycles. The maximum atomic E-state index is 13.0. The number of aryl methyl sites for hydroxylation is 1. The van der Waals surface area contributed by atoms with Crippen LogP contribution < -0.4 is 0 Å². The van der Waals surface area contributed by atoms with Gasteiger partial charge in [-0.25, -0.2) is 0 Å². The number of benzene rings is 1. The lowest BCUT2D eigenvalue weighted by Gasteiger charge is -2.31. The molecule has 4 rings (SSSR count). The second kappa shape index (κ2) is 6.55. The van der Waals surface area contributed by atoms with Gasteiger partial charge in [0.05, 0.1) is 11.3 Å². The maximum absolute atomic E-state index is 13.0. The molecule has 3 aromatic rings. The average Bonchev–Trinajstić information content (AvgIpc) is 3.33. The van der Waals surface area contributed by atoms with E-state index in [9.17, 15) is 4.79 Å². The van der Waals surface area contributed by atoms with Crippen molar-refractivity contribution in [3.8, 4) is 5.69 Å². The van der Waals surface area contributed by atoms with Gasteiger partial charge in [0.1, 0.15) is 0 Å². The number of nitrogens with zero attached hydrogens (tertiary/aromatic N) is 4. The highest BCUT2D eigenvalue weighted by molar-refractivity contribution is 5.97. The Kier molecular flexibility index (Phi) is 4.09. The highest BCUT2D eigenvalue weighted by Gasteiger charge is 2.28. The largest absolute Gasteiger partial charge is 0.339 e. The van der Waals surface area contributed by atoms with Crippen molar-refractivity contribution in [1.29, 1.82) is 0 Å². The van der Waals surface area contributed by atoms with Crippen LogP contribution in [0.3, 0.4) is 0 Å². The molecule has 1 aromatic carbocycles. The number of likely N-dealkylation sites (tertiary alicyclic amines) is 1. The molecular weight excluding hydrogens is 316 g/mol. The third-order valence-electron chi connectivity index (χ3n) is 4.69. The first-order chi connectivity index (χ1) is 12.2. The topological polar surface area (TPSA) is 64.2 Å². The van der Waals surface area contributed by atoms with Crippen molar-refractivity contribution in [1.82, 2.24) is 19.6 Å². The molecule has 0 unspecified atom stereocenters. The zero-order valence-electron chi connectivity index (χ0n) is 14.1. The van der Waals surface area contributed by atoms with Crippen LogP contribution in [0, 0.1) is 6.92 Å². The Bertz CT molecular complexity index is 861. The van der Waals surface area contributed by atoms with Gasteiger partial charge < -0.3 is 14.0 Å². The number of carbonyl (C=O) groups is 1. The minimum absolute atomic E-state index is 0.0736. The zero-order chi connectivity index (χ0) is 17.2. The van der Waals surface area contributed by atoms with Crippen LogP contribution in [0.15, 0.2) is 53.3 Å². The van der Waals surface area contributed by atoms with Gasteiger partial charge in [-0.05, 0) is 44.0 Å². The number of hydrogen-bond donors (Lipinski definition) is 0. The molecule has 1 aliphatic heterocycles. The van der Waals surface area contributed by atoms with Crippen molar-refractivity contribution in [3.05, 3.63) is 66.1 Å². The first kappa shape index (κ1) is 15.6. The lowest BCUT2D eigenvalue weighted by molar-refractivity contribution is 0.0704. The maximum Gasteiger partial charge on any atom is 0.255 e. The predicted molar refractivity (Wildman–Crippen MR) is 92.7 cm³/mol. The number of amides is 1. The highest BCUT2D eigenvalue weighted by atomic mass is 16.5. The summed E-state index contributed by atoms with van der Waals surface area (Å²) in [5.41, 5.74) is 1.64. The SMILES string of the molecule is Cc1noc(C2CCN(C(=O)c3ccccc3-n3cccc3)CC2)n1. The Morgan fingerprint density at radius 3 is 2.52 bits per heavy atom. The first-order valence-electron chi connectivity index (χ1n) is 8.54. The van der Waals surface area contributed by atoms with Crippen molar-refractivity contribution < 1.29 is 9.32 Å². The van der Waals surface area contributed by atoms with E-state index in [1.165, 1.54) is 0 Å². The Balaban J connectivity index is 1.50. The molecule has 6 nitrogen and oxygen atoms in total. The van der Waals surface area contributed by atoms with Gasteiger partial charge in [-0.2, -0.15) is 4.98 Å². The van der Waals surface area contributed by atoms with E-state index >= 15 is 0 Å². The van der Waals surface area contributed by atoms with E-state index < -0.39 is 0 Å². The Morgan fingerprint density at radius 1 is 1.12 bits per heavy atom. The van der Waals surface area contributed by atoms with Crippen LogP contribution in [0.4, 0.5) is 0 Å². The Labute approximate surface area is 146 Å². The Morgan fingerprint density at radius 2 is 1.84 bits per heavy atom. The molecule has 1 saturated heterocycles. The van der Waals surface area contributed by atoms with E-state index in [0.29, 0.717) is 24.8 Å². The van der Waals surface area contributed by atoms with Crippen LogP contribution in [-0.4, -0.2) is 38.6 Å². The number of carbonyl (C=O) groups excluding carboxylic acids is 1. The fraction of sp³-hybridized carbons (Fsp3) is 0.316. The molecule has 0 bridgehead atoms. The lowest BCUT2D eigenvalue weighted by Crippen LogP contribution is -2.38. The molecule has 0 spiro atoms. The lowest BCUT2D eigenvalue weighted by atomic mass is 9.96. The summed E-state index contributed by atoms with van der Waals surface area (Å²) in [6.07, 6.45) is 5.60. The summed E-state index contributed by atoms with van der Waals surface area (Å²) < 4.78 is 7.26. The minimum Gasteiger partial charge on any atom is -0.339 e. The van der Waals surface area contributed by atoms with Crippen LogP contribution in [-0.2, 0) is 0 Å². The minimum atomic E-state index is 0.0736. The standard InChI is InChI=1S/C19H20N4O2/c1-14-20-18(25-21-14)15-8-12-23(13-9-15)19(24)16-6-2-3-7-17(16)22-10-4-5-11-22/h2-7,10-11,15H,8-9,12-13H2,1H3. The highest BCUT2D eigenvalue weighted by Crippen LogP contribution is 2.28. The van der Waals surface area contributed by atoms with E-state index in [1.54, 1.807) is 0 Å². The number of aromatic nitrogens is 3. The van der Waals surface area contributed by atoms with Gasteiger partial charge >= 0.3 is 0 Å². The fourth-order valence-corrected chi connectivity index (χ4v) is 3.35. The zero-order valence-corrected chi connectivity index (χ0v) is 14.1. The van der Waals surface area contributed by atoms with Crippen molar-refractivity contribution in [2.24, 2.45) is 0 Å². The smallest absolute Gasteiger partial charge is 0.255 e. The van der Waals surface area contributed by atoms with Crippen molar-refractivity contribution in [2.75, 3.05) is 13.1 Å². The number of rotatable bonds is 3. The monoisotopic (exact) mass is 336 g/mol. The first-order valence-corrected chi connectivity index (χ1v) is 8.54. The molecule has 6 heteroatoms. The molecule has 1 amide bonds. The van der Waals surface area contributed by atoms with Crippen LogP contribution in [0.5, 0.6) is 0 Å². The molecule has 128 valence electrons. The predicted octanol–water partition coefficient (Wildman–Crippen LogP) is 3.19. The molecule has 0 aliphatic carbocycles. The van der Waals surface area contributed by atoms with Gasteiger partial charge in [0.15, 0.2) is 5.82 Å². The molecule has 0 atom stereocenters. The van der Waals surface area contributed by atoms with Crippen molar-refractivity contribution in [3.63, 3.8) is 0 Å². The van der Waals surface area contributed by atoms with Crippen LogP contribution in [0.25, 0.3) is 5.69 Å².